The molecule has 0 fully saturated rings. The molecule has 0 aliphatic rings. The van der Waals surface area contributed by atoms with Crippen molar-refractivity contribution in [3.05, 3.63) is 0 Å². The van der Waals surface area contributed by atoms with Gasteiger partial charge in [-0.3, -0.25) is 9.59 Å². The molecule has 0 saturated heterocycles. The number of rotatable bonds is 4. The monoisotopic (exact) mass is 260 g/mol. The van der Waals surface area contributed by atoms with Crippen LogP contribution >= 0.6 is 0 Å². The molecule has 2 unspecified atom stereocenters. The lowest BCUT2D eigenvalue weighted by molar-refractivity contribution is -0.155. The van der Waals surface area contributed by atoms with Crippen LogP contribution in [0.15, 0.2) is 0 Å². The van der Waals surface area contributed by atoms with Crippen LogP contribution in [-0.4, -0.2) is 45.2 Å². The highest BCUT2D eigenvalue weighted by molar-refractivity contribution is 5.92. The van der Waals surface area contributed by atoms with Crippen molar-refractivity contribution >= 4 is 11.6 Å². The van der Waals surface area contributed by atoms with E-state index in [1.807, 2.05) is 0 Å². The standard InChI is InChI=1S/C13H24O5/c1-12(2,3)10(17)8(15)7(14)9(16)11(18)13(4,5)6/h7-9,14-16H,1-6H3. The molecule has 0 aromatic carbocycles. The van der Waals surface area contributed by atoms with Crippen molar-refractivity contribution in [1.29, 1.82) is 0 Å². The highest BCUT2D eigenvalue weighted by Crippen LogP contribution is 2.23. The lowest BCUT2D eigenvalue weighted by atomic mass is 9.81. The fourth-order valence-electron chi connectivity index (χ4n) is 1.37. The maximum absolute atomic E-state index is 11.8. The fraction of sp³-hybridized carbons (Fsp3) is 0.846. The van der Waals surface area contributed by atoms with Gasteiger partial charge in [0.25, 0.3) is 0 Å². The van der Waals surface area contributed by atoms with E-state index >= 15 is 0 Å². The summed E-state index contributed by atoms with van der Waals surface area (Å²) in [6.07, 6.45) is -5.35. The Morgan fingerprint density at radius 3 is 1.11 bits per heavy atom. The van der Waals surface area contributed by atoms with Gasteiger partial charge < -0.3 is 15.3 Å². The van der Waals surface area contributed by atoms with Gasteiger partial charge in [-0.05, 0) is 0 Å². The Kier molecular flexibility index (Phi) is 5.23. The largest absolute Gasteiger partial charge is 0.387 e. The number of carbonyl (C=O) groups excluding carboxylic acids is 2. The molecule has 0 aromatic rings. The van der Waals surface area contributed by atoms with Gasteiger partial charge >= 0.3 is 0 Å². The van der Waals surface area contributed by atoms with Gasteiger partial charge in [-0.1, -0.05) is 41.5 Å². The zero-order chi connectivity index (χ0) is 14.9. The third-order valence-electron chi connectivity index (χ3n) is 2.66. The average Bonchev–Trinajstić information content (AvgIpc) is 2.21. The molecular formula is C13H24O5. The van der Waals surface area contributed by atoms with Crippen LogP contribution in [0.2, 0.25) is 0 Å². The van der Waals surface area contributed by atoms with E-state index in [9.17, 15) is 24.9 Å². The Bertz CT molecular complexity index is 289. The lowest BCUT2D eigenvalue weighted by Gasteiger charge is -2.29. The van der Waals surface area contributed by atoms with E-state index in [-0.39, 0.29) is 0 Å². The molecule has 0 spiro atoms. The number of ketones is 2. The van der Waals surface area contributed by atoms with Gasteiger partial charge in [-0.15, -0.1) is 0 Å². The first kappa shape index (κ1) is 17.2. The summed E-state index contributed by atoms with van der Waals surface area (Å²) in [5.74, 6) is -1.23. The van der Waals surface area contributed by atoms with E-state index in [2.05, 4.69) is 0 Å². The van der Waals surface area contributed by atoms with Gasteiger partial charge in [0.2, 0.25) is 0 Å². The Balaban J connectivity index is 4.91. The number of aliphatic hydroxyl groups excluding tert-OH is 3. The zero-order valence-electron chi connectivity index (χ0n) is 11.9. The van der Waals surface area contributed by atoms with Gasteiger partial charge in [0.1, 0.15) is 18.3 Å². The molecule has 18 heavy (non-hydrogen) atoms. The summed E-state index contributed by atoms with van der Waals surface area (Å²) < 4.78 is 0. The third kappa shape index (κ3) is 4.15. The van der Waals surface area contributed by atoms with E-state index in [4.69, 9.17) is 0 Å². The van der Waals surface area contributed by atoms with Crippen LogP contribution in [0.4, 0.5) is 0 Å². The second kappa shape index (κ2) is 5.47. The van der Waals surface area contributed by atoms with E-state index < -0.39 is 40.7 Å². The Morgan fingerprint density at radius 2 is 0.944 bits per heavy atom. The molecule has 5 heteroatoms. The van der Waals surface area contributed by atoms with Crippen LogP contribution in [-0.2, 0) is 9.59 Å². The number of hydrogen-bond donors (Lipinski definition) is 3. The average molecular weight is 260 g/mol. The molecule has 0 saturated carbocycles. The summed E-state index contributed by atoms with van der Waals surface area (Å²) in [5.41, 5.74) is -1.71. The van der Waals surface area contributed by atoms with E-state index in [1.54, 1.807) is 41.5 Å². The molecular weight excluding hydrogens is 236 g/mol. The molecule has 0 amide bonds. The predicted molar refractivity (Wildman–Crippen MR) is 66.9 cm³/mol. The molecule has 2 atom stereocenters. The third-order valence-corrected chi connectivity index (χ3v) is 2.66. The van der Waals surface area contributed by atoms with E-state index in [0.717, 1.165) is 0 Å². The van der Waals surface area contributed by atoms with Gasteiger partial charge in [0, 0.05) is 10.8 Å². The van der Waals surface area contributed by atoms with Crippen LogP contribution in [0.5, 0.6) is 0 Å². The maximum atomic E-state index is 11.8. The van der Waals surface area contributed by atoms with Gasteiger partial charge in [-0.2, -0.15) is 0 Å². The van der Waals surface area contributed by atoms with E-state index in [1.165, 1.54) is 0 Å². The molecule has 0 rings (SSSR count). The smallest absolute Gasteiger partial charge is 0.169 e. The molecule has 106 valence electrons. The van der Waals surface area contributed by atoms with Crippen molar-refractivity contribution in [2.24, 2.45) is 10.8 Å². The molecule has 3 N–H and O–H groups in total. The minimum atomic E-state index is -1.80. The summed E-state index contributed by atoms with van der Waals surface area (Å²) in [6.45, 7) is 9.52. The van der Waals surface area contributed by atoms with Crippen molar-refractivity contribution < 1.29 is 24.9 Å². The molecule has 0 aromatic heterocycles. The topological polar surface area (TPSA) is 94.8 Å². The maximum Gasteiger partial charge on any atom is 0.169 e. The van der Waals surface area contributed by atoms with Crippen molar-refractivity contribution in [2.75, 3.05) is 0 Å². The van der Waals surface area contributed by atoms with Crippen molar-refractivity contribution in [3.8, 4) is 0 Å². The second-order valence-electron chi connectivity index (χ2n) is 6.61. The summed E-state index contributed by atoms with van der Waals surface area (Å²) in [7, 11) is 0. The molecule has 0 heterocycles. The number of aliphatic hydroxyl groups is 3. The van der Waals surface area contributed by atoms with Crippen LogP contribution < -0.4 is 0 Å². The van der Waals surface area contributed by atoms with Crippen LogP contribution in [0.25, 0.3) is 0 Å². The van der Waals surface area contributed by atoms with Gasteiger partial charge in [0.05, 0.1) is 0 Å². The van der Waals surface area contributed by atoms with Crippen molar-refractivity contribution in [3.63, 3.8) is 0 Å². The van der Waals surface area contributed by atoms with Gasteiger partial charge in [-0.25, -0.2) is 0 Å². The van der Waals surface area contributed by atoms with Crippen LogP contribution in [0.3, 0.4) is 0 Å². The van der Waals surface area contributed by atoms with Crippen LogP contribution in [0, 0.1) is 10.8 Å². The van der Waals surface area contributed by atoms with Crippen LogP contribution in [0.1, 0.15) is 41.5 Å². The van der Waals surface area contributed by atoms with Crippen molar-refractivity contribution in [1.82, 2.24) is 0 Å². The first-order chi connectivity index (χ1) is 7.80. The normalized spacial score (nSPS) is 18.1. The molecule has 5 nitrogen and oxygen atoms in total. The first-order valence-corrected chi connectivity index (χ1v) is 5.93. The number of hydrogen-bond acceptors (Lipinski definition) is 5. The van der Waals surface area contributed by atoms with Crippen molar-refractivity contribution in [2.45, 2.75) is 59.9 Å². The Labute approximate surface area is 108 Å². The predicted octanol–water partition coefficient (Wildman–Crippen LogP) is 0.299. The summed E-state index contributed by atoms with van der Waals surface area (Å²) in [5, 5.41) is 29.1. The summed E-state index contributed by atoms with van der Waals surface area (Å²) in [6, 6.07) is 0. The summed E-state index contributed by atoms with van der Waals surface area (Å²) in [4.78, 5) is 23.5. The molecule has 0 bridgehead atoms. The highest BCUT2D eigenvalue weighted by atomic mass is 16.4. The molecule has 0 radical (unpaired) electrons. The number of Topliss-reactive ketones (excluding diaryl/α,β-unsaturated/α-hetero) is 2. The highest BCUT2D eigenvalue weighted by Gasteiger charge is 2.41. The van der Waals surface area contributed by atoms with Gasteiger partial charge in [0.15, 0.2) is 11.6 Å². The molecule has 0 aliphatic heterocycles. The quantitative estimate of drug-likeness (QED) is 0.675. The summed E-state index contributed by atoms with van der Waals surface area (Å²) >= 11 is 0. The Hall–Kier alpha value is -0.780. The minimum Gasteiger partial charge on any atom is -0.387 e. The first-order valence-electron chi connectivity index (χ1n) is 5.93. The fourth-order valence-corrected chi connectivity index (χ4v) is 1.37. The Morgan fingerprint density at radius 1 is 0.722 bits per heavy atom. The zero-order valence-corrected chi connectivity index (χ0v) is 11.9. The minimum absolute atomic E-state index is 0.615. The second-order valence-corrected chi connectivity index (χ2v) is 6.61. The SMILES string of the molecule is CC(C)(C)C(=O)C(O)C(O)C(O)C(=O)C(C)(C)C. The molecule has 0 aliphatic carbocycles. The number of carbonyl (C=O) groups is 2. The lowest BCUT2D eigenvalue weighted by Crippen LogP contribution is -2.51. The van der Waals surface area contributed by atoms with E-state index in [0.29, 0.717) is 0 Å².